The fourth-order valence-corrected chi connectivity index (χ4v) is 1.98. The molecular weight excluding hydrogens is 240 g/mol. The van der Waals surface area contributed by atoms with Gasteiger partial charge in [-0.1, -0.05) is 44.2 Å². The molecule has 0 fully saturated rings. The number of nitrogens with one attached hydrogen (secondary N) is 1. The molecule has 1 rings (SSSR count). The summed E-state index contributed by atoms with van der Waals surface area (Å²) in [6, 6.07) is 9.99. The Bertz CT molecular complexity index is 364. The lowest BCUT2D eigenvalue weighted by atomic mass is 10.2. The second-order valence-electron chi connectivity index (χ2n) is 4.51. The van der Waals surface area contributed by atoms with E-state index in [1.165, 1.54) is 0 Å². The van der Waals surface area contributed by atoms with Gasteiger partial charge in [0.05, 0.1) is 0 Å². The van der Waals surface area contributed by atoms with E-state index < -0.39 is 0 Å². The highest BCUT2D eigenvalue weighted by molar-refractivity contribution is 5.67. The molecule has 0 aliphatic heterocycles. The minimum atomic E-state index is -0.358. The zero-order valence-corrected chi connectivity index (χ0v) is 12.1. The minimum Gasteiger partial charge on any atom is -0.445 e. The van der Waals surface area contributed by atoms with Crippen LogP contribution in [0, 0.1) is 0 Å². The van der Waals surface area contributed by atoms with Crippen molar-refractivity contribution in [3.63, 3.8) is 0 Å². The van der Waals surface area contributed by atoms with Crippen molar-refractivity contribution in [3.8, 4) is 0 Å². The number of benzene rings is 1. The van der Waals surface area contributed by atoms with Crippen LogP contribution in [0.5, 0.6) is 0 Å². The van der Waals surface area contributed by atoms with Crippen LogP contribution in [0.3, 0.4) is 0 Å². The van der Waals surface area contributed by atoms with Gasteiger partial charge in [0, 0.05) is 12.6 Å². The molecule has 1 atom stereocenters. The molecule has 0 saturated heterocycles. The summed E-state index contributed by atoms with van der Waals surface area (Å²) in [5.74, 6) is 0. The first-order valence-electron chi connectivity index (χ1n) is 6.86. The molecule has 0 radical (unpaired) electrons. The van der Waals surface area contributed by atoms with Gasteiger partial charge in [-0.05, 0) is 25.6 Å². The lowest BCUT2D eigenvalue weighted by Gasteiger charge is -2.26. The average molecular weight is 264 g/mol. The van der Waals surface area contributed by atoms with E-state index in [1.54, 1.807) is 0 Å². The third kappa shape index (κ3) is 5.75. The molecule has 0 bridgehead atoms. The maximum absolute atomic E-state index is 11.6. The lowest BCUT2D eigenvalue weighted by Crippen LogP contribution is -2.42. The van der Waals surface area contributed by atoms with E-state index in [1.807, 2.05) is 30.3 Å². The Kier molecular flexibility index (Phi) is 6.97. The quantitative estimate of drug-likeness (QED) is 0.823. The van der Waals surface area contributed by atoms with Crippen molar-refractivity contribution in [2.45, 2.75) is 33.4 Å². The summed E-state index contributed by atoms with van der Waals surface area (Å²) in [5.41, 5.74) is 0.995. The van der Waals surface area contributed by atoms with E-state index in [-0.39, 0.29) is 6.09 Å². The van der Waals surface area contributed by atoms with Crippen molar-refractivity contribution in [1.29, 1.82) is 0 Å². The van der Waals surface area contributed by atoms with Crippen molar-refractivity contribution < 1.29 is 9.53 Å². The Hall–Kier alpha value is -1.55. The number of hydrogen-bond donors (Lipinski definition) is 1. The predicted molar refractivity (Wildman–Crippen MR) is 77.0 cm³/mol. The van der Waals surface area contributed by atoms with Crippen molar-refractivity contribution in [2.75, 3.05) is 19.6 Å². The molecule has 1 aromatic carbocycles. The maximum atomic E-state index is 11.6. The van der Waals surface area contributed by atoms with Crippen molar-refractivity contribution in [1.82, 2.24) is 10.2 Å². The highest BCUT2D eigenvalue weighted by Gasteiger charge is 2.11. The van der Waals surface area contributed by atoms with Crippen LogP contribution in [0.15, 0.2) is 30.3 Å². The van der Waals surface area contributed by atoms with E-state index in [2.05, 4.69) is 31.0 Å². The van der Waals surface area contributed by atoms with Crippen molar-refractivity contribution in [2.24, 2.45) is 0 Å². The second-order valence-corrected chi connectivity index (χ2v) is 4.51. The molecule has 0 aliphatic carbocycles. The van der Waals surface area contributed by atoms with Crippen molar-refractivity contribution in [3.05, 3.63) is 35.9 Å². The number of alkyl carbamates (subject to hydrolysis) is 1. The predicted octanol–water partition coefficient (Wildman–Crippen LogP) is 2.64. The van der Waals surface area contributed by atoms with Crippen LogP contribution in [0.2, 0.25) is 0 Å². The highest BCUT2D eigenvalue weighted by Crippen LogP contribution is 2.01. The summed E-state index contributed by atoms with van der Waals surface area (Å²) in [6.07, 6.45) is -0.358. The van der Waals surface area contributed by atoms with Crippen LogP contribution in [-0.2, 0) is 11.3 Å². The van der Waals surface area contributed by atoms with Gasteiger partial charge in [0.15, 0.2) is 0 Å². The lowest BCUT2D eigenvalue weighted by molar-refractivity contribution is 0.134. The van der Waals surface area contributed by atoms with Crippen LogP contribution in [0.25, 0.3) is 0 Å². The Morgan fingerprint density at radius 2 is 1.89 bits per heavy atom. The van der Waals surface area contributed by atoms with Gasteiger partial charge in [0.25, 0.3) is 0 Å². The smallest absolute Gasteiger partial charge is 0.407 e. The first kappa shape index (κ1) is 15.5. The molecule has 0 aromatic heterocycles. The van der Waals surface area contributed by atoms with Gasteiger partial charge in [-0.2, -0.15) is 0 Å². The molecule has 1 amide bonds. The number of ether oxygens (including phenoxy) is 1. The van der Waals surface area contributed by atoms with E-state index >= 15 is 0 Å². The Balaban J connectivity index is 2.24. The Morgan fingerprint density at radius 3 is 2.47 bits per heavy atom. The van der Waals surface area contributed by atoms with Crippen LogP contribution in [0.4, 0.5) is 4.79 Å². The van der Waals surface area contributed by atoms with E-state index in [0.717, 1.165) is 18.7 Å². The minimum absolute atomic E-state index is 0.312. The first-order chi connectivity index (χ1) is 9.17. The highest BCUT2D eigenvalue weighted by atomic mass is 16.5. The normalized spacial score (nSPS) is 12.2. The fourth-order valence-electron chi connectivity index (χ4n) is 1.98. The summed E-state index contributed by atoms with van der Waals surface area (Å²) in [7, 11) is 0. The monoisotopic (exact) mass is 264 g/mol. The Labute approximate surface area is 115 Å². The molecule has 4 heteroatoms. The summed E-state index contributed by atoms with van der Waals surface area (Å²) in [5, 5.41) is 2.80. The molecule has 1 unspecified atom stereocenters. The standard InChI is InChI=1S/C15H24N2O2/c1-4-17(5-2)13(3)11-16-15(18)19-12-14-9-7-6-8-10-14/h6-10,13H,4-5,11-12H2,1-3H3,(H,16,18). The molecule has 0 spiro atoms. The summed E-state index contributed by atoms with van der Waals surface area (Å²) >= 11 is 0. The average Bonchev–Trinajstić information content (AvgIpc) is 2.45. The number of amides is 1. The van der Waals surface area contributed by atoms with Crippen LogP contribution >= 0.6 is 0 Å². The number of likely N-dealkylation sites (N-methyl/N-ethyl adjacent to an activating group) is 1. The first-order valence-corrected chi connectivity index (χ1v) is 6.86. The Morgan fingerprint density at radius 1 is 1.26 bits per heavy atom. The van der Waals surface area contributed by atoms with Gasteiger partial charge in [-0.15, -0.1) is 0 Å². The number of rotatable bonds is 7. The van der Waals surface area contributed by atoms with Gasteiger partial charge >= 0.3 is 6.09 Å². The zero-order chi connectivity index (χ0) is 14.1. The topological polar surface area (TPSA) is 41.6 Å². The molecule has 4 nitrogen and oxygen atoms in total. The van der Waals surface area contributed by atoms with Gasteiger partial charge in [0.1, 0.15) is 6.61 Å². The zero-order valence-electron chi connectivity index (χ0n) is 12.1. The van der Waals surface area contributed by atoms with Gasteiger partial charge in [0.2, 0.25) is 0 Å². The third-order valence-corrected chi connectivity index (χ3v) is 3.19. The summed E-state index contributed by atoms with van der Waals surface area (Å²) in [4.78, 5) is 13.9. The molecule has 19 heavy (non-hydrogen) atoms. The molecule has 106 valence electrons. The number of carbonyl (C=O) groups excluding carboxylic acids is 1. The van der Waals surface area contributed by atoms with Crippen LogP contribution in [0.1, 0.15) is 26.3 Å². The molecule has 0 saturated carbocycles. The number of hydrogen-bond acceptors (Lipinski definition) is 3. The maximum Gasteiger partial charge on any atom is 0.407 e. The molecule has 1 aromatic rings. The van der Waals surface area contributed by atoms with Gasteiger partial charge in [-0.3, -0.25) is 4.90 Å². The van der Waals surface area contributed by atoms with Gasteiger partial charge < -0.3 is 10.1 Å². The summed E-state index contributed by atoms with van der Waals surface area (Å²) < 4.78 is 5.16. The third-order valence-electron chi connectivity index (χ3n) is 3.19. The number of carbonyl (C=O) groups is 1. The van der Waals surface area contributed by atoms with E-state index in [0.29, 0.717) is 19.2 Å². The SMILES string of the molecule is CCN(CC)C(C)CNC(=O)OCc1ccccc1. The van der Waals surface area contributed by atoms with Crippen LogP contribution < -0.4 is 5.32 Å². The molecule has 1 N–H and O–H groups in total. The summed E-state index contributed by atoms with van der Waals surface area (Å²) in [6.45, 7) is 9.23. The van der Waals surface area contributed by atoms with E-state index in [4.69, 9.17) is 4.74 Å². The van der Waals surface area contributed by atoms with E-state index in [9.17, 15) is 4.79 Å². The number of nitrogens with zero attached hydrogens (tertiary/aromatic N) is 1. The van der Waals surface area contributed by atoms with Crippen LogP contribution in [-0.4, -0.2) is 36.7 Å². The molecule has 0 heterocycles. The second kappa shape index (κ2) is 8.53. The van der Waals surface area contributed by atoms with Crippen molar-refractivity contribution >= 4 is 6.09 Å². The fraction of sp³-hybridized carbons (Fsp3) is 0.533. The molecular formula is C15H24N2O2. The van der Waals surface area contributed by atoms with Gasteiger partial charge in [-0.25, -0.2) is 4.79 Å². The largest absolute Gasteiger partial charge is 0.445 e. The molecule has 0 aliphatic rings.